The lowest BCUT2D eigenvalue weighted by atomic mass is 10.1. The summed E-state index contributed by atoms with van der Waals surface area (Å²) in [6.45, 7) is 10.5. The van der Waals surface area contributed by atoms with Crippen molar-refractivity contribution >= 4 is 17.6 Å². The van der Waals surface area contributed by atoms with Gasteiger partial charge in [-0.1, -0.05) is 0 Å². The van der Waals surface area contributed by atoms with Crippen molar-refractivity contribution in [3.63, 3.8) is 0 Å². The normalized spacial score (nSPS) is 12.1. The molecule has 0 spiro atoms. The largest absolute Gasteiger partial charge is 0.465 e. The van der Waals surface area contributed by atoms with Crippen LogP contribution in [0.3, 0.4) is 0 Å². The van der Waals surface area contributed by atoms with Gasteiger partial charge in [-0.15, -0.1) is 0 Å². The predicted molar refractivity (Wildman–Crippen MR) is 89.1 cm³/mol. The molecule has 0 saturated carbocycles. The highest BCUT2D eigenvalue weighted by Gasteiger charge is 2.25. The summed E-state index contributed by atoms with van der Waals surface area (Å²) in [7, 11) is 1.80. The Morgan fingerprint density at radius 1 is 1.17 bits per heavy atom. The van der Waals surface area contributed by atoms with E-state index in [0.717, 1.165) is 11.3 Å². The van der Waals surface area contributed by atoms with E-state index in [0.29, 0.717) is 28.5 Å². The molecule has 0 aliphatic rings. The minimum absolute atomic E-state index is 0.376. The van der Waals surface area contributed by atoms with Gasteiger partial charge in [-0.3, -0.25) is 9.48 Å². The molecule has 24 heavy (non-hydrogen) atoms. The van der Waals surface area contributed by atoms with E-state index < -0.39 is 18.0 Å². The third kappa shape index (κ3) is 3.20. The zero-order chi connectivity index (χ0) is 18.2. The number of rotatable bonds is 4. The topological polar surface area (TPSA) is 86.4 Å². The van der Waals surface area contributed by atoms with Crippen LogP contribution in [-0.4, -0.2) is 27.8 Å². The molecule has 2 heterocycles. The predicted octanol–water partition coefficient (Wildman–Crippen LogP) is 2.74. The van der Waals surface area contributed by atoms with Crippen LogP contribution in [0.15, 0.2) is 4.42 Å². The van der Waals surface area contributed by atoms with Crippen LogP contribution in [0.4, 0.5) is 5.69 Å². The lowest BCUT2D eigenvalue weighted by molar-refractivity contribution is -0.123. The number of nitrogens with zero attached hydrogens (tertiary/aromatic N) is 2. The van der Waals surface area contributed by atoms with Crippen LogP contribution in [0.25, 0.3) is 0 Å². The van der Waals surface area contributed by atoms with Crippen LogP contribution >= 0.6 is 0 Å². The van der Waals surface area contributed by atoms with E-state index in [2.05, 4.69) is 10.4 Å². The van der Waals surface area contributed by atoms with E-state index >= 15 is 0 Å². The molecule has 1 amide bonds. The Morgan fingerprint density at radius 3 is 2.25 bits per heavy atom. The van der Waals surface area contributed by atoms with Crippen molar-refractivity contribution < 1.29 is 18.7 Å². The second-order valence-electron chi connectivity index (χ2n) is 5.92. The first-order valence-electron chi connectivity index (χ1n) is 7.72. The van der Waals surface area contributed by atoms with Gasteiger partial charge in [0.2, 0.25) is 0 Å². The first-order valence-corrected chi connectivity index (χ1v) is 7.72. The number of hydrogen-bond acceptors (Lipinski definition) is 5. The first-order chi connectivity index (χ1) is 11.1. The zero-order valence-electron chi connectivity index (χ0n) is 15.1. The van der Waals surface area contributed by atoms with Crippen LogP contribution in [0.5, 0.6) is 0 Å². The van der Waals surface area contributed by atoms with Gasteiger partial charge in [0.15, 0.2) is 6.10 Å². The Balaban J connectivity index is 2.10. The maximum absolute atomic E-state index is 12.3. The molecule has 7 heteroatoms. The van der Waals surface area contributed by atoms with E-state index in [1.54, 1.807) is 39.4 Å². The first kappa shape index (κ1) is 17.8. The molecule has 2 aromatic heterocycles. The number of ether oxygens (including phenoxy) is 1. The average molecular weight is 333 g/mol. The monoisotopic (exact) mass is 333 g/mol. The summed E-state index contributed by atoms with van der Waals surface area (Å²) in [6.07, 6.45) is -0.939. The second-order valence-corrected chi connectivity index (χ2v) is 5.92. The van der Waals surface area contributed by atoms with Gasteiger partial charge in [0.1, 0.15) is 17.1 Å². The third-order valence-corrected chi connectivity index (χ3v) is 4.18. The second kappa shape index (κ2) is 6.51. The number of carbonyl (C=O) groups is 2. The molecule has 1 N–H and O–H groups in total. The molecule has 0 aromatic carbocycles. The maximum atomic E-state index is 12.3. The van der Waals surface area contributed by atoms with Gasteiger partial charge < -0.3 is 14.5 Å². The van der Waals surface area contributed by atoms with Gasteiger partial charge >= 0.3 is 5.97 Å². The van der Waals surface area contributed by atoms with Crippen LogP contribution in [0.1, 0.15) is 45.8 Å². The van der Waals surface area contributed by atoms with Gasteiger partial charge in [-0.2, -0.15) is 5.10 Å². The molecule has 130 valence electrons. The molecule has 2 aromatic rings. The van der Waals surface area contributed by atoms with Crippen molar-refractivity contribution in [2.75, 3.05) is 5.32 Å². The molecule has 0 bridgehead atoms. The van der Waals surface area contributed by atoms with Gasteiger partial charge in [0.05, 0.1) is 17.1 Å². The minimum Gasteiger partial charge on any atom is -0.465 e. The van der Waals surface area contributed by atoms with Crippen molar-refractivity contribution in [3.05, 3.63) is 34.0 Å². The molecule has 0 aliphatic carbocycles. The van der Waals surface area contributed by atoms with E-state index in [9.17, 15) is 9.59 Å². The Morgan fingerprint density at radius 2 is 1.79 bits per heavy atom. The van der Waals surface area contributed by atoms with Crippen LogP contribution in [-0.2, 0) is 16.6 Å². The van der Waals surface area contributed by atoms with Crippen LogP contribution in [0, 0.1) is 34.6 Å². The lowest BCUT2D eigenvalue weighted by Crippen LogP contribution is -2.30. The number of hydrogen-bond donors (Lipinski definition) is 1. The number of amides is 1. The summed E-state index contributed by atoms with van der Waals surface area (Å²) < 4.78 is 12.4. The molecule has 0 aliphatic heterocycles. The Kier molecular flexibility index (Phi) is 4.82. The average Bonchev–Trinajstić information content (AvgIpc) is 2.88. The van der Waals surface area contributed by atoms with Crippen molar-refractivity contribution in [1.82, 2.24) is 9.78 Å². The summed E-state index contributed by atoms with van der Waals surface area (Å²) in [4.78, 5) is 24.6. The highest BCUT2D eigenvalue weighted by Crippen LogP contribution is 2.23. The van der Waals surface area contributed by atoms with E-state index in [-0.39, 0.29) is 0 Å². The Hall–Kier alpha value is -2.57. The molecule has 0 radical (unpaired) electrons. The van der Waals surface area contributed by atoms with E-state index in [1.165, 1.54) is 6.92 Å². The summed E-state index contributed by atoms with van der Waals surface area (Å²) >= 11 is 0. The van der Waals surface area contributed by atoms with Gasteiger partial charge in [-0.25, -0.2) is 4.79 Å². The fraction of sp³-hybridized carbons (Fsp3) is 0.471. The van der Waals surface area contributed by atoms with E-state index in [4.69, 9.17) is 9.15 Å². The highest BCUT2D eigenvalue weighted by atomic mass is 16.5. The standard InChI is InChI=1S/C17H23N3O4/c1-8-11(4)23-12(5)14(8)17(22)24-13(6)16(21)18-15-9(2)19-20(7)10(15)3/h13H,1-7H3,(H,18,21)/t13-/m1/s1. The fourth-order valence-electron chi connectivity index (χ4n) is 2.55. The summed E-state index contributed by atoms with van der Waals surface area (Å²) in [5.74, 6) is 0.182. The molecule has 7 nitrogen and oxygen atoms in total. The van der Waals surface area contributed by atoms with Gasteiger partial charge in [0.25, 0.3) is 5.91 Å². The van der Waals surface area contributed by atoms with Crippen LogP contribution in [0.2, 0.25) is 0 Å². The lowest BCUT2D eigenvalue weighted by Gasteiger charge is -2.14. The number of nitrogens with one attached hydrogen (secondary N) is 1. The molecule has 0 fully saturated rings. The quantitative estimate of drug-likeness (QED) is 0.869. The molecule has 0 saturated heterocycles. The number of furan rings is 1. The highest BCUT2D eigenvalue weighted by molar-refractivity contribution is 5.98. The summed E-state index contributed by atoms with van der Waals surface area (Å²) in [5.41, 5.74) is 3.28. The van der Waals surface area contributed by atoms with Crippen molar-refractivity contribution in [2.24, 2.45) is 7.05 Å². The summed E-state index contributed by atoms with van der Waals surface area (Å²) in [6, 6.07) is 0. The van der Waals surface area contributed by atoms with Crippen molar-refractivity contribution in [1.29, 1.82) is 0 Å². The molecular weight excluding hydrogens is 310 g/mol. The summed E-state index contributed by atoms with van der Waals surface area (Å²) in [5, 5.41) is 7.01. The smallest absolute Gasteiger partial charge is 0.342 e. The van der Waals surface area contributed by atoms with Gasteiger partial charge in [-0.05, 0) is 41.5 Å². The maximum Gasteiger partial charge on any atom is 0.342 e. The number of anilines is 1. The third-order valence-electron chi connectivity index (χ3n) is 4.18. The van der Waals surface area contributed by atoms with Gasteiger partial charge in [0, 0.05) is 12.6 Å². The minimum atomic E-state index is -0.939. The van der Waals surface area contributed by atoms with Crippen LogP contribution < -0.4 is 5.32 Å². The van der Waals surface area contributed by atoms with E-state index in [1.807, 2.05) is 6.92 Å². The number of aromatic nitrogens is 2. The molecular formula is C17H23N3O4. The molecule has 2 rings (SSSR count). The van der Waals surface area contributed by atoms with Crippen molar-refractivity contribution in [2.45, 2.75) is 47.6 Å². The Labute approximate surface area is 141 Å². The molecule has 0 unspecified atom stereocenters. The zero-order valence-corrected chi connectivity index (χ0v) is 15.1. The Bertz CT molecular complexity index is 801. The van der Waals surface area contributed by atoms with Crippen molar-refractivity contribution in [3.8, 4) is 0 Å². The SMILES string of the molecule is Cc1nn(C)c(C)c1NC(=O)[C@@H](C)OC(=O)c1c(C)oc(C)c1C. The number of aryl methyl sites for hydroxylation is 4. The molecule has 1 atom stereocenters. The fourth-order valence-corrected chi connectivity index (χ4v) is 2.55. The number of esters is 1. The number of carbonyl (C=O) groups excluding carboxylic acids is 2.